The van der Waals surface area contributed by atoms with E-state index in [1.54, 1.807) is 0 Å². The van der Waals surface area contributed by atoms with Crippen LogP contribution in [-0.4, -0.2) is 43.2 Å². The van der Waals surface area contributed by atoms with Crippen LogP contribution in [0.5, 0.6) is 0 Å². The first kappa shape index (κ1) is 19.2. The zero-order chi connectivity index (χ0) is 2.00. The van der Waals surface area contributed by atoms with Crippen LogP contribution >= 0.6 is 0 Å². The molecule has 0 rings (SSSR count). The summed E-state index contributed by atoms with van der Waals surface area (Å²) in [5, 5.41) is 0. The van der Waals surface area contributed by atoms with Crippen LogP contribution in [0.2, 0.25) is 0 Å². The average molecular weight is 90.1 g/mol. The van der Waals surface area contributed by atoms with Gasteiger partial charge in [-0.2, -0.15) is 0 Å². The van der Waals surface area contributed by atoms with E-state index in [1.807, 2.05) is 0 Å². The Balaban J connectivity index is -0.00000000500. The Kier molecular flexibility index (Phi) is 151. The molecule has 0 aliphatic heterocycles. The molecular formula is H6CaN2O. The molecule has 6 N–H and O–H groups in total. The molecule has 0 aromatic carbocycles. The molecule has 0 saturated heterocycles. The van der Waals surface area contributed by atoms with Crippen LogP contribution in [0.3, 0.4) is 0 Å². The van der Waals surface area contributed by atoms with E-state index >= 15 is 0 Å². The molecule has 0 aromatic heterocycles. The number of nitrogens with two attached hydrogens (primary N) is 2. The topological polar surface area (TPSA) is 83.5 Å². The molecule has 0 heterocycles. The van der Waals surface area contributed by atoms with E-state index in [1.165, 1.54) is 0 Å². The summed E-state index contributed by atoms with van der Waals surface area (Å²) in [6, 6.07) is 0. The van der Waals surface area contributed by atoms with E-state index in [0.29, 0.717) is 0 Å². The van der Waals surface area contributed by atoms with Crippen LogP contribution in [0.4, 0.5) is 0 Å². The van der Waals surface area contributed by atoms with Crippen LogP contribution in [-0.2, 0) is 0 Å². The second kappa shape index (κ2) is 31.4. The van der Waals surface area contributed by atoms with Gasteiger partial charge in [0.25, 0.3) is 0 Å². The number of hydrazine groups is 1. The Labute approximate surface area is 54.6 Å². The number of hydrogen-bond donors (Lipinski definition) is 2. The predicted molar refractivity (Wildman–Crippen MR) is 17.7 cm³/mol. The third-order valence-corrected chi connectivity index (χ3v) is 0. The predicted octanol–water partition coefficient (Wildman–Crippen LogP) is -2.39. The summed E-state index contributed by atoms with van der Waals surface area (Å²) < 4.78 is 0. The minimum absolute atomic E-state index is 0. The van der Waals surface area contributed by atoms with Crippen molar-refractivity contribution in [1.82, 2.24) is 0 Å². The molecule has 24 valence electrons. The maximum atomic E-state index is 4.00. The molecular weight excluding hydrogens is 84.1 g/mol. The van der Waals surface area contributed by atoms with Crippen molar-refractivity contribution in [2.75, 3.05) is 0 Å². The van der Waals surface area contributed by atoms with Crippen molar-refractivity contribution in [3.05, 3.63) is 0 Å². The Morgan fingerprint density at radius 3 is 1.00 bits per heavy atom. The van der Waals surface area contributed by atoms with Crippen molar-refractivity contribution < 1.29 is 5.48 Å². The fourth-order valence-electron chi connectivity index (χ4n) is 0. The fourth-order valence-corrected chi connectivity index (χ4v) is 0. The first-order valence-corrected chi connectivity index (χ1v) is 0.333. The monoisotopic (exact) mass is 90.0 g/mol. The Bertz CT molecular complexity index is 6.00. The summed E-state index contributed by atoms with van der Waals surface area (Å²) in [5.74, 6) is 8.00. The van der Waals surface area contributed by atoms with Crippen molar-refractivity contribution in [3.63, 3.8) is 0 Å². The van der Waals surface area contributed by atoms with Crippen molar-refractivity contribution in [1.29, 1.82) is 0 Å². The molecule has 0 atom stereocenters. The number of hydrogen-bond acceptors (Lipinski definition) is 2. The number of rotatable bonds is 0. The molecule has 0 bridgehead atoms. The largest absolute Gasteiger partial charge is 0.412 e. The van der Waals surface area contributed by atoms with Gasteiger partial charge in [-0.3, -0.25) is 11.7 Å². The van der Waals surface area contributed by atoms with E-state index < -0.39 is 0 Å². The summed E-state index contributed by atoms with van der Waals surface area (Å²) in [7, 11) is 0. The molecule has 0 unspecified atom stereocenters. The standard InChI is InChI=1S/Ca.H4N2.H2O/c;1-2;/h;1-2H2;1H2. The first-order valence-electron chi connectivity index (χ1n) is 0.333. The second-order valence-corrected chi connectivity index (χ2v) is 0. The summed E-state index contributed by atoms with van der Waals surface area (Å²) in [4.78, 5) is 0. The van der Waals surface area contributed by atoms with Crippen molar-refractivity contribution in [2.45, 2.75) is 0 Å². The zero-order valence-corrected chi connectivity index (χ0v) is 4.57. The van der Waals surface area contributed by atoms with Gasteiger partial charge in [-0.1, -0.05) is 0 Å². The molecule has 4 heteroatoms. The van der Waals surface area contributed by atoms with Gasteiger partial charge in [-0.05, 0) is 0 Å². The van der Waals surface area contributed by atoms with Crippen LogP contribution < -0.4 is 11.7 Å². The van der Waals surface area contributed by atoms with Gasteiger partial charge in [0, 0.05) is 37.7 Å². The smallest absolute Gasteiger partial charge is 0 e. The van der Waals surface area contributed by atoms with E-state index in [0.717, 1.165) is 0 Å². The zero-order valence-electron chi connectivity index (χ0n) is 2.36. The summed E-state index contributed by atoms with van der Waals surface area (Å²) >= 11 is 0. The third kappa shape index (κ3) is 11.1. The molecule has 0 saturated carbocycles. The van der Waals surface area contributed by atoms with E-state index in [4.69, 9.17) is 0 Å². The average Bonchev–Trinajstić information content (AvgIpc) is 1.00. The minimum Gasteiger partial charge on any atom is -0.412 e. The SMILES string of the molecule is NN.O.[Ca]. The Hall–Kier alpha value is 1.14. The van der Waals surface area contributed by atoms with Crippen molar-refractivity contribution >= 4 is 37.7 Å². The van der Waals surface area contributed by atoms with Gasteiger partial charge in [-0.15, -0.1) is 0 Å². The van der Waals surface area contributed by atoms with Crippen molar-refractivity contribution in [3.8, 4) is 0 Å². The maximum Gasteiger partial charge on any atom is 0 e. The van der Waals surface area contributed by atoms with Gasteiger partial charge < -0.3 is 5.48 Å². The van der Waals surface area contributed by atoms with Gasteiger partial charge in [0.05, 0.1) is 0 Å². The molecule has 0 fully saturated rings. The van der Waals surface area contributed by atoms with Crippen LogP contribution in [0.1, 0.15) is 0 Å². The minimum atomic E-state index is 0. The first-order chi connectivity index (χ1) is 1.00. The second-order valence-electron chi connectivity index (χ2n) is 0. The van der Waals surface area contributed by atoms with E-state index in [2.05, 4.69) is 11.7 Å². The van der Waals surface area contributed by atoms with Crippen molar-refractivity contribution in [2.24, 2.45) is 11.7 Å². The summed E-state index contributed by atoms with van der Waals surface area (Å²) in [6.07, 6.45) is 0. The van der Waals surface area contributed by atoms with Crippen LogP contribution in [0.15, 0.2) is 0 Å². The Morgan fingerprint density at radius 2 is 1.00 bits per heavy atom. The molecule has 3 nitrogen and oxygen atoms in total. The quantitative estimate of drug-likeness (QED) is 0.198. The van der Waals surface area contributed by atoms with Crippen LogP contribution in [0.25, 0.3) is 0 Å². The molecule has 2 radical (unpaired) electrons. The van der Waals surface area contributed by atoms with Crippen LogP contribution in [0, 0.1) is 0 Å². The van der Waals surface area contributed by atoms with E-state index in [-0.39, 0.29) is 43.2 Å². The normalized spacial score (nSPS) is 1.50. The molecule has 0 aromatic rings. The molecule has 0 amide bonds. The molecule has 4 heavy (non-hydrogen) atoms. The van der Waals surface area contributed by atoms with E-state index in [9.17, 15) is 0 Å². The molecule has 0 aliphatic carbocycles. The maximum absolute atomic E-state index is 4.00. The van der Waals surface area contributed by atoms with Gasteiger partial charge in [0.1, 0.15) is 0 Å². The third-order valence-electron chi connectivity index (χ3n) is 0. The van der Waals surface area contributed by atoms with Gasteiger partial charge in [-0.25, -0.2) is 0 Å². The van der Waals surface area contributed by atoms with Gasteiger partial charge >= 0.3 is 0 Å². The molecule has 0 aliphatic rings. The van der Waals surface area contributed by atoms with Gasteiger partial charge in [0.2, 0.25) is 0 Å². The molecule has 0 spiro atoms. The Morgan fingerprint density at radius 1 is 1.00 bits per heavy atom. The van der Waals surface area contributed by atoms with Gasteiger partial charge in [0.15, 0.2) is 0 Å². The summed E-state index contributed by atoms with van der Waals surface area (Å²) in [6.45, 7) is 0. The summed E-state index contributed by atoms with van der Waals surface area (Å²) in [5.41, 5.74) is 0. The fraction of sp³-hybridized carbons (Fsp3) is 0.